The molecule has 1 heterocycles. The molecule has 0 unspecified atom stereocenters. The molecule has 1 rings (SSSR count). The maximum Gasteiger partial charge on any atom is 0.211 e. The van der Waals surface area contributed by atoms with E-state index in [0.717, 1.165) is 13.0 Å². The van der Waals surface area contributed by atoms with E-state index in [2.05, 4.69) is 5.32 Å². The maximum absolute atomic E-state index is 11.4. The second kappa shape index (κ2) is 6.99. The molecular formula is C12H26N2O4S. The Hall–Kier alpha value is -0.210. The minimum atomic E-state index is -3.08. The molecule has 114 valence electrons. The molecule has 0 amide bonds. The van der Waals surface area contributed by atoms with Crippen LogP contribution >= 0.6 is 0 Å². The van der Waals surface area contributed by atoms with E-state index in [-0.39, 0.29) is 6.04 Å². The Morgan fingerprint density at radius 2 is 1.89 bits per heavy atom. The van der Waals surface area contributed by atoms with Crippen LogP contribution in [-0.4, -0.2) is 63.7 Å². The lowest BCUT2D eigenvalue weighted by molar-refractivity contribution is -0.252. The van der Waals surface area contributed by atoms with Gasteiger partial charge in [-0.25, -0.2) is 12.7 Å². The lowest BCUT2D eigenvalue weighted by Crippen LogP contribution is -2.49. The Bertz CT molecular complexity index is 360. The molecule has 6 nitrogen and oxygen atoms in total. The van der Waals surface area contributed by atoms with Crippen LogP contribution in [0.3, 0.4) is 0 Å². The number of hydrogen-bond donors (Lipinski definition) is 1. The first-order valence-corrected chi connectivity index (χ1v) is 8.56. The van der Waals surface area contributed by atoms with Gasteiger partial charge in [0.05, 0.1) is 25.5 Å². The van der Waals surface area contributed by atoms with Crippen LogP contribution in [0.2, 0.25) is 0 Å². The van der Waals surface area contributed by atoms with Crippen LogP contribution in [0.25, 0.3) is 0 Å². The fraction of sp³-hybridized carbons (Fsp3) is 1.00. The molecule has 0 aromatic rings. The van der Waals surface area contributed by atoms with Crippen molar-refractivity contribution in [3.63, 3.8) is 0 Å². The van der Waals surface area contributed by atoms with Gasteiger partial charge in [0.15, 0.2) is 5.79 Å². The van der Waals surface area contributed by atoms with Crippen LogP contribution in [0.1, 0.15) is 27.2 Å². The second-order valence-electron chi connectivity index (χ2n) is 5.28. The van der Waals surface area contributed by atoms with Crippen molar-refractivity contribution in [3.8, 4) is 0 Å². The van der Waals surface area contributed by atoms with E-state index in [1.54, 1.807) is 0 Å². The Labute approximate surface area is 116 Å². The normalized spacial score (nSPS) is 20.9. The number of ether oxygens (including phenoxy) is 2. The Balaban J connectivity index is 2.18. The van der Waals surface area contributed by atoms with E-state index in [1.165, 1.54) is 10.6 Å². The first-order valence-electron chi connectivity index (χ1n) is 6.71. The molecular weight excluding hydrogens is 268 g/mol. The second-order valence-corrected chi connectivity index (χ2v) is 7.26. The minimum absolute atomic E-state index is 0.182. The molecule has 1 N–H and O–H groups in total. The van der Waals surface area contributed by atoms with Crippen molar-refractivity contribution in [1.82, 2.24) is 9.62 Å². The molecule has 0 saturated carbocycles. The summed E-state index contributed by atoms with van der Waals surface area (Å²) >= 11 is 0. The zero-order valence-corrected chi connectivity index (χ0v) is 13.1. The summed E-state index contributed by atoms with van der Waals surface area (Å²) in [4.78, 5) is 0. The molecule has 1 aliphatic heterocycles. The highest BCUT2D eigenvalue weighted by molar-refractivity contribution is 7.88. The van der Waals surface area contributed by atoms with Crippen LogP contribution in [0.5, 0.6) is 0 Å². The predicted octanol–water partition coefficient (Wildman–Crippen LogP) is 0.399. The average Bonchev–Trinajstić information content (AvgIpc) is 2.29. The van der Waals surface area contributed by atoms with Gasteiger partial charge in [-0.15, -0.1) is 0 Å². The van der Waals surface area contributed by atoms with E-state index in [9.17, 15) is 8.42 Å². The summed E-state index contributed by atoms with van der Waals surface area (Å²) in [5.41, 5.74) is 0. The van der Waals surface area contributed by atoms with Crippen LogP contribution < -0.4 is 5.32 Å². The fourth-order valence-electron chi connectivity index (χ4n) is 1.93. The van der Waals surface area contributed by atoms with Gasteiger partial charge in [0.25, 0.3) is 0 Å². The maximum atomic E-state index is 11.4. The van der Waals surface area contributed by atoms with Gasteiger partial charge in [-0.05, 0) is 26.8 Å². The molecule has 7 heteroatoms. The zero-order chi connectivity index (χ0) is 14.5. The summed E-state index contributed by atoms with van der Waals surface area (Å²) in [6.07, 6.45) is 2.02. The van der Waals surface area contributed by atoms with Gasteiger partial charge in [0.2, 0.25) is 10.0 Å². The van der Waals surface area contributed by atoms with E-state index < -0.39 is 15.8 Å². The molecule has 0 aliphatic carbocycles. The SMILES string of the molecule is CCN(CCCNC1COC(C)(C)OC1)S(C)(=O)=O. The summed E-state index contributed by atoms with van der Waals surface area (Å²) < 4.78 is 35.3. The van der Waals surface area contributed by atoms with E-state index in [1.807, 2.05) is 20.8 Å². The summed E-state index contributed by atoms with van der Waals surface area (Å²) in [5, 5.41) is 3.32. The highest BCUT2D eigenvalue weighted by Crippen LogP contribution is 2.16. The van der Waals surface area contributed by atoms with Crippen molar-refractivity contribution in [3.05, 3.63) is 0 Å². The smallest absolute Gasteiger partial charge is 0.211 e. The molecule has 0 aromatic heterocycles. The lowest BCUT2D eigenvalue weighted by atomic mass is 10.2. The molecule has 19 heavy (non-hydrogen) atoms. The Kier molecular flexibility index (Phi) is 6.19. The molecule has 0 spiro atoms. The van der Waals surface area contributed by atoms with Crippen molar-refractivity contribution in [2.24, 2.45) is 0 Å². The Morgan fingerprint density at radius 3 is 2.37 bits per heavy atom. The predicted molar refractivity (Wildman–Crippen MR) is 74.5 cm³/mol. The summed E-state index contributed by atoms with van der Waals surface area (Å²) in [6.45, 7) is 8.70. The third-order valence-corrected chi connectivity index (χ3v) is 4.48. The van der Waals surface area contributed by atoms with Crippen LogP contribution in [0.4, 0.5) is 0 Å². The molecule has 0 bridgehead atoms. The molecule has 0 atom stereocenters. The third kappa shape index (κ3) is 6.18. The van der Waals surface area contributed by atoms with Gasteiger partial charge in [-0.3, -0.25) is 0 Å². The molecule has 1 aliphatic rings. The van der Waals surface area contributed by atoms with E-state index in [4.69, 9.17) is 9.47 Å². The zero-order valence-electron chi connectivity index (χ0n) is 12.3. The van der Waals surface area contributed by atoms with Gasteiger partial charge < -0.3 is 14.8 Å². The fourth-order valence-corrected chi connectivity index (χ4v) is 2.86. The van der Waals surface area contributed by atoms with Crippen molar-refractivity contribution in [2.45, 2.75) is 39.0 Å². The first-order chi connectivity index (χ1) is 8.74. The first kappa shape index (κ1) is 16.8. The molecule has 0 radical (unpaired) electrons. The highest BCUT2D eigenvalue weighted by atomic mass is 32.2. The van der Waals surface area contributed by atoms with Crippen LogP contribution in [0, 0.1) is 0 Å². The number of sulfonamides is 1. The highest BCUT2D eigenvalue weighted by Gasteiger charge is 2.27. The number of nitrogens with one attached hydrogen (secondary N) is 1. The van der Waals surface area contributed by atoms with Gasteiger partial charge in [0.1, 0.15) is 0 Å². The van der Waals surface area contributed by atoms with Crippen molar-refractivity contribution >= 4 is 10.0 Å². The average molecular weight is 294 g/mol. The van der Waals surface area contributed by atoms with Crippen molar-refractivity contribution in [1.29, 1.82) is 0 Å². The summed E-state index contributed by atoms with van der Waals surface area (Å²) in [6, 6.07) is 0.182. The number of rotatable bonds is 7. The van der Waals surface area contributed by atoms with Gasteiger partial charge in [-0.1, -0.05) is 6.92 Å². The van der Waals surface area contributed by atoms with Gasteiger partial charge >= 0.3 is 0 Å². The number of hydrogen-bond acceptors (Lipinski definition) is 5. The minimum Gasteiger partial charge on any atom is -0.349 e. The standard InChI is InChI=1S/C12H26N2O4S/c1-5-14(19(4,15)16)8-6-7-13-11-9-17-12(2,3)18-10-11/h11,13H,5-10H2,1-4H3. The Morgan fingerprint density at radius 1 is 1.32 bits per heavy atom. The monoisotopic (exact) mass is 294 g/mol. The third-order valence-electron chi connectivity index (χ3n) is 3.10. The molecule has 1 saturated heterocycles. The van der Waals surface area contributed by atoms with E-state index >= 15 is 0 Å². The number of nitrogens with zero attached hydrogens (tertiary/aromatic N) is 1. The van der Waals surface area contributed by atoms with E-state index in [0.29, 0.717) is 26.3 Å². The quantitative estimate of drug-likeness (QED) is 0.688. The summed E-state index contributed by atoms with van der Waals surface area (Å²) in [5.74, 6) is -0.493. The lowest BCUT2D eigenvalue weighted by Gasteiger charge is -2.35. The molecule has 1 fully saturated rings. The van der Waals surface area contributed by atoms with Crippen molar-refractivity contribution in [2.75, 3.05) is 39.1 Å². The van der Waals surface area contributed by atoms with Crippen molar-refractivity contribution < 1.29 is 17.9 Å². The van der Waals surface area contributed by atoms with Crippen LogP contribution in [0.15, 0.2) is 0 Å². The van der Waals surface area contributed by atoms with Gasteiger partial charge in [-0.2, -0.15) is 0 Å². The topological polar surface area (TPSA) is 67.9 Å². The summed E-state index contributed by atoms with van der Waals surface area (Å²) in [7, 11) is -3.08. The van der Waals surface area contributed by atoms with Gasteiger partial charge in [0, 0.05) is 13.1 Å². The van der Waals surface area contributed by atoms with Crippen LogP contribution in [-0.2, 0) is 19.5 Å². The largest absolute Gasteiger partial charge is 0.349 e. The molecule has 0 aromatic carbocycles.